The molecular formula is C18H17BrN2O2S2. The molecule has 4 rings (SSSR count). The summed E-state index contributed by atoms with van der Waals surface area (Å²) in [6.45, 7) is 1.07. The average Bonchev–Trinajstić information content (AvgIpc) is 3.06. The second-order valence-corrected chi connectivity index (χ2v) is 10.1. The number of hydrogen-bond donors (Lipinski definition) is 0. The molecule has 25 heavy (non-hydrogen) atoms. The maximum Gasteiger partial charge on any atom is 0.243 e. The van der Waals surface area contributed by atoms with Gasteiger partial charge in [0.25, 0.3) is 0 Å². The van der Waals surface area contributed by atoms with Gasteiger partial charge < -0.3 is 0 Å². The smallest absolute Gasteiger partial charge is 0.241 e. The van der Waals surface area contributed by atoms with Crippen LogP contribution in [-0.2, 0) is 10.0 Å². The Morgan fingerprint density at radius 2 is 1.84 bits per heavy atom. The molecule has 1 aliphatic heterocycles. The molecule has 3 aromatic rings. The molecule has 0 radical (unpaired) electrons. The number of fused-ring (bicyclic) bond motifs is 1. The quantitative estimate of drug-likeness (QED) is 0.601. The van der Waals surface area contributed by atoms with E-state index in [1.807, 2.05) is 24.3 Å². The second-order valence-electron chi connectivity index (χ2n) is 6.16. The molecule has 0 atom stereocenters. The standard InChI is InChI=1S/C18H17BrN2O2S2/c19-14-4-3-5-15(12-14)25(22,23)21-10-8-13(9-11-21)18-20-16-6-1-2-7-17(16)24-18/h1-7,12-13H,8-11H2. The van der Waals surface area contributed by atoms with Crippen LogP contribution in [0.1, 0.15) is 23.8 Å². The van der Waals surface area contributed by atoms with Crippen molar-refractivity contribution >= 4 is 47.5 Å². The third-order valence-electron chi connectivity index (χ3n) is 4.55. The van der Waals surface area contributed by atoms with Crippen molar-refractivity contribution in [3.63, 3.8) is 0 Å². The van der Waals surface area contributed by atoms with E-state index >= 15 is 0 Å². The summed E-state index contributed by atoms with van der Waals surface area (Å²) in [5.74, 6) is 0.339. The normalized spacial score (nSPS) is 17.2. The summed E-state index contributed by atoms with van der Waals surface area (Å²) >= 11 is 5.07. The van der Waals surface area contributed by atoms with E-state index < -0.39 is 10.0 Å². The highest BCUT2D eigenvalue weighted by Gasteiger charge is 2.31. The van der Waals surface area contributed by atoms with Gasteiger partial charge in [0.15, 0.2) is 0 Å². The minimum atomic E-state index is -3.43. The molecule has 2 heterocycles. The predicted octanol–water partition coefficient (Wildman–Crippen LogP) is 4.63. The molecular weight excluding hydrogens is 420 g/mol. The molecule has 0 aliphatic carbocycles. The number of nitrogens with zero attached hydrogens (tertiary/aromatic N) is 2. The van der Waals surface area contributed by atoms with Crippen LogP contribution in [0.3, 0.4) is 0 Å². The summed E-state index contributed by atoms with van der Waals surface area (Å²) < 4.78 is 29.2. The lowest BCUT2D eigenvalue weighted by molar-refractivity contribution is 0.319. The average molecular weight is 437 g/mol. The van der Waals surface area contributed by atoms with Crippen molar-refractivity contribution < 1.29 is 8.42 Å². The summed E-state index contributed by atoms with van der Waals surface area (Å²) in [4.78, 5) is 5.09. The minimum Gasteiger partial charge on any atom is -0.241 e. The van der Waals surface area contributed by atoms with Gasteiger partial charge in [-0.05, 0) is 43.2 Å². The highest BCUT2D eigenvalue weighted by atomic mass is 79.9. The molecule has 130 valence electrons. The van der Waals surface area contributed by atoms with Crippen molar-refractivity contribution in [2.75, 3.05) is 13.1 Å². The van der Waals surface area contributed by atoms with Crippen LogP contribution in [0.2, 0.25) is 0 Å². The fourth-order valence-electron chi connectivity index (χ4n) is 3.18. The van der Waals surface area contributed by atoms with Gasteiger partial charge in [-0.2, -0.15) is 4.31 Å². The summed E-state index contributed by atoms with van der Waals surface area (Å²) in [7, 11) is -3.43. The van der Waals surface area contributed by atoms with Crippen molar-refractivity contribution in [2.45, 2.75) is 23.7 Å². The monoisotopic (exact) mass is 436 g/mol. The van der Waals surface area contributed by atoms with Crippen LogP contribution in [0.5, 0.6) is 0 Å². The van der Waals surface area contributed by atoms with Crippen LogP contribution in [0.4, 0.5) is 0 Å². The lowest BCUT2D eigenvalue weighted by Gasteiger charge is -2.30. The Kier molecular flexibility index (Phi) is 4.66. The van der Waals surface area contributed by atoms with Gasteiger partial charge in [0.05, 0.1) is 20.1 Å². The zero-order valence-corrected chi connectivity index (χ0v) is 16.6. The van der Waals surface area contributed by atoms with Gasteiger partial charge in [-0.3, -0.25) is 0 Å². The van der Waals surface area contributed by atoms with Crippen molar-refractivity contribution in [3.05, 3.63) is 58.0 Å². The number of rotatable bonds is 3. The first-order valence-corrected chi connectivity index (χ1v) is 11.2. The number of para-hydroxylation sites is 1. The molecule has 1 aromatic heterocycles. The van der Waals surface area contributed by atoms with Crippen LogP contribution >= 0.6 is 27.3 Å². The Morgan fingerprint density at radius 3 is 2.56 bits per heavy atom. The van der Waals surface area contributed by atoms with Crippen molar-refractivity contribution in [1.82, 2.24) is 9.29 Å². The van der Waals surface area contributed by atoms with Crippen molar-refractivity contribution in [1.29, 1.82) is 0 Å². The number of piperidine rings is 1. The van der Waals surface area contributed by atoms with Gasteiger partial charge in [-0.1, -0.05) is 34.1 Å². The number of halogens is 1. The first-order valence-electron chi connectivity index (χ1n) is 8.15. The first-order chi connectivity index (χ1) is 12.0. The van der Waals surface area contributed by atoms with Crippen LogP contribution in [0, 0.1) is 0 Å². The molecule has 7 heteroatoms. The molecule has 0 spiro atoms. The number of sulfonamides is 1. The van der Waals surface area contributed by atoms with Crippen LogP contribution in [0.15, 0.2) is 57.9 Å². The fraction of sp³-hybridized carbons (Fsp3) is 0.278. The molecule has 0 saturated carbocycles. The van der Waals surface area contributed by atoms with Gasteiger partial charge in [-0.15, -0.1) is 11.3 Å². The van der Waals surface area contributed by atoms with Gasteiger partial charge >= 0.3 is 0 Å². The zero-order chi connectivity index (χ0) is 17.4. The Bertz CT molecular complexity index is 976. The lowest BCUT2D eigenvalue weighted by atomic mass is 9.99. The van der Waals surface area contributed by atoms with Gasteiger partial charge in [0.1, 0.15) is 0 Å². The van der Waals surface area contributed by atoms with Crippen LogP contribution in [0.25, 0.3) is 10.2 Å². The molecule has 0 N–H and O–H groups in total. The molecule has 0 amide bonds. The topological polar surface area (TPSA) is 50.3 Å². The molecule has 2 aromatic carbocycles. The largest absolute Gasteiger partial charge is 0.243 e. The summed E-state index contributed by atoms with van der Waals surface area (Å²) in [6, 6.07) is 15.0. The molecule has 0 bridgehead atoms. The van der Waals surface area contributed by atoms with Crippen molar-refractivity contribution in [2.24, 2.45) is 0 Å². The summed E-state index contributed by atoms with van der Waals surface area (Å²) in [5.41, 5.74) is 1.03. The SMILES string of the molecule is O=S(=O)(c1cccc(Br)c1)N1CCC(c2nc3ccccc3s2)CC1. The number of benzene rings is 2. The minimum absolute atomic E-state index is 0.339. The van der Waals surface area contributed by atoms with Crippen LogP contribution in [-0.4, -0.2) is 30.8 Å². The lowest BCUT2D eigenvalue weighted by Crippen LogP contribution is -2.37. The maximum atomic E-state index is 12.8. The highest BCUT2D eigenvalue weighted by molar-refractivity contribution is 9.10. The predicted molar refractivity (Wildman–Crippen MR) is 104 cm³/mol. The first kappa shape index (κ1) is 17.1. The van der Waals surface area contributed by atoms with E-state index in [2.05, 4.69) is 22.0 Å². The van der Waals surface area contributed by atoms with E-state index in [0.29, 0.717) is 23.9 Å². The van der Waals surface area contributed by atoms with Gasteiger partial charge in [0, 0.05) is 23.5 Å². The second kappa shape index (κ2) is 6.79. The fourth-order valence-corrected chi connectivity index (χ4v) is 6.39. The third-order valence-corrected chi connectivity index (χ3v) is 8.13. The van der Waals surface area contributed by atoms with Crippen LogP contribution < -0.4 is 0 Å². The van der Waals surface area contributed by atoms with Crippen molar-refractivity contribution in [3.8, 4) is 0 Å². The molecule has 1 fully saturated rings. The van der Waals surface area contributed by atoms with E-state index in [1.165, 1.54) is 4.70 Å². The number of hydrogen-bond acceptors (Lipinski definition) is 4. The zero-order valence-electron chi connectivity index (χ0n) is 13.4. The number of thiazole rings is 1. The van der Waals surface area contributed by atoms with E-state index in [1.54, 1.807) is 33.8 Å². The summed E-state index contributed by atoms with van der Waals surface area (Å²) in [6.07, 6.45) is 1.63. The van der Waals surface area contributed by atoms with E-state index in [0.717, 1.165) is 27.8 Å². The van der Waals surface area contributed by atoms with E-state index in [9.17, 15) is 8.42 Å². The maximum absolute atomic E-state index is 12.8. The Labute approximate surface area is 159 Å². The Morgan fingerprint density at radius 1 is 1.08 bits per heavy atom. The Hall–Kier alpha value is -1.28. The Balaban J connectivity index is 1.51. The van der Waals surface area contributed by atoms with E-state index in [4.69, 9.17) is 4.98 Å². The molecule has 1 saturated heterocycles. The highest BCUT2D eigenvalue weighted by Crippen LogP contribution is 2.35. The summed E-state index contributed by atoms with van der Waals surface area (Å²) in [5, 5.41) is 1.13. The molecule has 0 unspecified atom stereocenters. The van der Waals surface area contributed by atoms with Gasteiger partial charge in [-0.25, -0.2) is 13.4 Å². The van der Waals surface area contributed by atoms with Gasteiger partial charge in [0.2, 0.25) is 10.0 Å². The molecule has 4 nitrogen and oxygen atoms in total. The number of aromatic nitrogens is 1. The van der Waals surface area contributed by atoms with E-state index in [-0.39, 0.29) is 0 Å². The third kappa shape index (κ3) is 3.38. The molecule has 1 aliphatic rings.